The van der Waals surface area contributed by atoms with Crippen molar-refractivity contribution in [3.8, 4) is 0 Å². The van der Waals surface area contributed by atoms with Gasteiger partial charge >= 0.3 is 5.97 Å². The number of nitrogens with zero attached hydrogens (tertiary/aromatic N) is 1. The Morgan fingerprint density at radius 2 is 2.00 bits per heavy atom. The molecule has 0 saturated heterocycles. The highest BCUT2D eigenvalue weighted by molar-refractivity contribution is 7.15. The average Bonchev–Trinajstić information content (AvgIpc) is 2.87. The Balaban J connectivity index is 1.97. The lowest BCUT2D eigenvalue weighted by Crippen LogP contribution is -2.22. The number of pyridine rings is 1. The third kappa shape index (κ3) is 2.92. The second-order valence-electron chi connectivity index (χ2n) is 3.47. The molecule has 2 aromatic rings. The van der Waals surface area contributed by atoms with E-state index < -0.39 is 5.97 Å². The third-order valence-electron chi connectivity index (χ3n) is 2.20. The van der Waals surface area contributed by atoms with Crippen LogP contribution in [0.15, 0.2) is 36.5 Å². The van der Waals surface area contributed by atoms with Crippen LogP contribution in [0.3, 0.4) is 0 Å². The SMILES string of the molecule is O=C(O)c1ccc(C(=O)NCc2ccccn2)s1. The standard InChI is InChI=1S/C12H10N2O3S/c15-11(9-4-5-10(18-9)12(16)17)14-7-8-3-1-2-6-13-8/h1-6H,7H2,(H,14,15)(H,16,17). The van der Waals surface area contributed by atoms with Crippen LogP contribution >= 0.6 is 11.3 Å². The van der Waals surface area contributed by atoms with E-state index in [0.29, 0.717) is 11.4 Å². The van der Waals surface area contributed by atoms with E-state index in [1.54, 1.807) is 18.3 Å². The minimum atomic E-state index is -1.02. The molecule has 18 heavy (non-hydrogen) atoms. The zero-order valence-corrected chi connectivity index (χ0v) is 10.1. The maximum Gasteiger partial charge on any atom is 0.345 e. The van der Waals surface area contributed by atoms with Gasteiger partial charge in [-0.15, -0.1) is 11.3 Å². The highest BCUT2D eigenvalue weighted by atomic mass is 32.1. The average molecular weight is 262 g/mol. The minimum Gasteiger partial charge on any atom is -0.477 e. The van der Waals surface area contributed by atoms with Crippen LogP contribution in [0.5, 0.6) is 0 Å². The molecule has 6 heteroatoms. The predicted octanol–water partition coefficient (Wildman–Crippen LogP) is 1.77. The molecule has 0 fully saturated rings. The third-order valence-corrected chi connectivity index (χ3v) is 3.27. The molecule has 0 radical (unpaired) electrons. The van der Waals surface area contributed by atoms with Crippen molar-refractivity contribution < 1.29 is 14.7 Å². The normalized spacial score (nSPS) is 10.0. The predicted molar refractivity (Wildman–Crippen MR) is 66.7 cm³/mol. The molecular formula is C12H10N2O3S. The van der Waals surface area contributed by atoms with Crippen molar-refractivity contribution in [3.05, 3.63) is 52.0 Å². The summed E-state index contributed by atoms with van der Waals surface area (Å²) < 4.78 is 0. The summed E-state index contributed by atoms with van der Waals surface area (Å²) in [4.78, 5) is 27.0. The first-order valence-electron chi connectivity index (χ1n) is 5.18. The molecule has 0 aromatic carbocycles. The maximum absolute atomic E-state index is 11.7. The number of carbonyl (C=O) groups is 2. The topological polar surface area (TPSA) is 79.3 Å². The molecule has 2 heterocycles. The molecule has 1 amide bonds. The first kappa shape index (κ1) is 12.3. The zero-order chi connectivity index (χ0) is 13.0. The molecule has 0 bridgehead atoms. The highest BCUT2D eigenvalue weighted by Gasteiger charge is 2.12. The summed E-state index contributed by atoms with van der Waals surface area (Å²) in [5, 5.41) is 11.4. The van der Waals surface area contributed by atoms with E-state index in [9.17, 15) is 9.59 Å². The molecule has 0 aliphatic heterocycles. The Morgan fingerprint density at radius 3 is 2.61 bits per heavy atom. The van der Waals surface area contributed by atoms with Crippen molar-refractivity contribution in [2.75, 3.05) is 0 Å². The largest absolute Gasteiger partial charge is 0.477 e. The summed E-state index contributed by atoms with van der Waals surface area (Å²) in [7, 11) is 0. The molecular weight excluding hydrogens is 252 g/mol. The van der Waals surface area contributed by atoms with Gasteiger partial charge in [0.1, 0.15) is 4.88 Å². The van der Waals surface area contributed by atoms with E-state index in [4.69, 9.17) is 5.11 Å². The summed E-state index contributed by atoms with van der Waals surface area (Å²) in [5.41, 5.74) is 0.751. The lowest BCUT2D eigenvalue weighted by Gasteiger charge is -2.02. The Morgan fingerprint density at radius 1 is 1.22 bits per heavy atom. The van der Waals surface area contributed by atoms with Crippen molar-refractivity contribution in [2.24, 2.45) is 0 Å². The molecule has 0 aliphatic rings. The molecule has 5 nitrogen and oxygen atoms in total. The van der Waals surface area contributed by atoms with E-state index in [1.165, 1.54) is 12.1 Å². The fourth-order valence-electron chi connectivity index (χ4n) is 1.34. The molecule has 0 unspecified atom stereocenters. The van der Waals surface area contributed by atoms with Gasteiger partial charge in [-0.3, -0.25) is 9.78 Å². The second kappa shape index (κ2) is 5.42. The number of aromatic nitrogens is 1. The Hall–Kier alpha value is -2.21. The molecule has 0 aliphatic carbocycles. The maximum atomic E-state index is 11.7. The van der Waals surface area contributed by atoms with Gasteiger partial charge in [-0.2, -0.15) is 0 Å². The molecule has 0 spiro atoms. The number of hydrogen-bond donors (Lipinski definition) is 2. The lowest BCUT2D eigenvalue weighted by molar-refractivity contribution is 0.0702. The number of thiophene rings is 1. The number of carboxylic acids is 1. The smallest absolute Gasteiger partial charge is 0.345 e. The summed E-state index contributed by atoms with van der Waals surface area (Å²) in [6, 6.07) is 8.35. The molecule has 2 rings (SSSR count). The van der Waals surface area contributed by atoms with Crippen LogP contribution in [0.1, 0.15) is 25.0 Å². The first-order chi connectivity index (χ1) is 8.66. The number of hydrogen-bond acceptors (Lipinski definition) is 4. The van der Waals surface area contributed by atoms with Crippen molar-refractivity contribution >= 4 is 23.2 Å². The van der Waals surface area contributed by atoms with Gasteiger partial charge in [-0.1, -0.05) is 6.07 Å². The Kier molecular flexibility index (Phi) is 3.69. The minimum absolute atomic E-state index is 0.151. The molecule has 92 valence electrons. The van der Waals surface area contributed by atoms with Gasteiger partial charge in [0, 0.05) is 6.20 Å². The van der Waals surface area contributed by atoms with Crippen LogP contribution in [-0.2, 0) is 6.54 Å². The van der Waals surface area contributed by atoms with Crippen molar-refractivity contribution in [1.29, 1.82) is 0 Å². The van der Waals surface area contributed by atoms with Gasteiger partial charge in [0.25, 0.3) is 5.91 Å². The van der Waals surface area contributed by atoms with Crippen LogP contribution in [0.4, 0.5) is 0 Å². The number of rotatable bonds is 4. The van der Waals surface area contributed by atoms with E-state index >= 15 is 0 Å². The quantitative estimate of drug-likeness (QED) is 0.880. The van der Waals surface area contributed by atoms with Crippen LogP contribution in [-0.4, -0.2) is 22.0 Å². The summed E-state index contributed by atoms with van der Waals surface area (Å²) in [6.45, 7) is 0.319. The number of carbonyl (C=O) groups excluding carboxylic acids is 1. The summed E-state index contributed by atoms with van der Waals surface area (Å²) in [5.74, 6) is -1.32. The Labute approximate surface area is 107 Å². The van der Waals surface area contributed by atoms with Gasteiger partial charge in [0.15, 0.2) is 0 Å². The van der Waals surface area contributed by atoms with Gasteiger partial charge < -0.3 is 10.4 Å². The van der Waals surface area contributed by atoms with Crippen LogP contribution < -0.4 is 5.32 Å². The lowest BCUT2D eigenvalue weighted by atomic mass is 10.3. The van der Waals surface area contributed by atoms with Gasteiger partial charge in [0.05, 0.1) is 17.1 Å². The van der Waals surface area contributed by atoms with E-state index in [-0.39, 0.29) is 10.8 Å². The van der Waals surface area contributed by atoms with Crippen LogP contribution in [0.2, 0.25) is 0 Å². The second-order valence-corrected chi connectivity index (χ2v) is 4.56. The monoisotopic (exact) mass is 262 g/mol. The molecule has 0 atom stereocenters. The number of carboxylic acid groups (broad SMARTS) is 1. The molecule has 2 N–H and O–H groups in total. The van der Waals surface area contributed by atoms with Crippen molar-refractivity contribution in [1.82, 2.24) is 10.3 Å². The number of aromatic carboxylic acids is 1. The van der Waals surface area contributed by atoms with E-state index in [1.807, 2.05) is 6.07 Å². The van der Waals surface area contributed by atoms with Gasteiger partial charge in [-0.05, 0) is 24.3 Å². The highest BCUT2D eigenvalue weighted by Crippen LogP contribution is 2.16. The Bertz CT molecular complexity index is 566. The first-order valence-corrected chi connectivity index (χ1v) is 5.99. The molecule has 0 saturated carbocycles. The van der Waals surface area contributed by atoms with E-state index in [2.05, 4.69) is 10.3 Å². The fraction of sp³-hybridized carbons (Fsp3) is 0.0833. The number of amides is 1. The summed E-state index contributed by atoms with van der Waals surface area (Å²) in [6.07, 6.45) is 1.65. The summed E-state index contributed by atoms with van der Waals surface area (Å²) >= 11 is 0.952. The van der Waals surface area contributed by atoms with Crippen molar-refractivity contribution in [2.45, 2.75) is 6.54 Å². The van der Waals surface area contributed by atoms with Crippen molar-refractivity contribution in [3.63, 3.8) is 0 Å². The van der Waals surface area contributed by atoms with E-state index in [0.717, 1.165) is 17.0 Å². The molecule has 2 aromatic heterocycles. The van der Waals surface area contributed by atoms with Gasteiger partial charge in [-0.25, -0.2) is 4.79 Å². The van der Waals surface area contributed by atoms with Gasteiger partial charge in [0.2, 0.25) is 0 Å². The van der Waals surface area contributed by atoms with Crippen LogP contribution in [0, 0.1) is 0 Å². The fourth-order valence-corrected chi connectivity index (χ4v) is 2.10. The number of nitrogens with one attached hydrogen (secondary N) is 1. The zero-order valence-electron chi connectivity index (χ0n) is 9.29. The van der Waals surface area contributed by atoms with Crippen LogP contribution in [0.25, 0.3) is 0 Å².